The first-order chi connectivity index (χ1) is 6.52. The maximum atomic E-state index is 5.83. The highest BCUT2D eigenvalue weighted by atomic mass is 14.6. The monoisotopic (exact) mass is 187 g/mol. The fourth-order valence-corrected chi connectivity index (χ4v) is 1.53. The van der Waals surface area contributed by atoms with Gasteiger partial charge in [0.05, 0.1) is 0 Å². The van der Waals surface area contributed by atoms with Crippen LogP contribution in [0.1, 0.15) is 25.0 Å². The van der Waals surface area contributed by atoms with Gasteiger partial charge in [0.2, 0.25) is 0 Å². The summed E-state index contributed by atoms with van der Waals surface area (Å²) in [5.74, 6) is 0. The van der Waals surface area contributed by atoms with Crippen LogP contribution in [0, 0.1) is 6.92 Å². The Morgan fingerprint density at radius 1 is 1.14 bits per heavy atom. The maximum absolute atomic E-state index is 5.83. The Morgan fingerprint density at radius 2 is 1.64 bits per heavy atom. The van der Waals surface area contributed by atoms with Crippen molar-refractivity contribution in [3.05, 3.63) is 53.2 Å². The molecule has 1 heteroatoms. The first-order valence-corrected chi connectivity index (χ1v) is 4.71. The van der Waals surface area contributed by atoms with Crippen molar-refractivity contribution in [1.82, 2.24) is 0 Å². The first kappa shape index (κ1) is 10.6. The summed E-state index contributed by atoms with van der Waals surface area (Å²) in [6, 6.07) is 8.33. The molecule has 0 aliphatic carbocycles. The van der Waals surface area contributed by atoms with E-state index in [4.69, 9.17) is 5.73 Å². The SMILES string of the molecule is C=C(C)/C(=C(\C)N)c1ccc(C)cc1. The van der Waals surface area contributed by atoms with Crippen molar-refractivity contribution < 1.29 is 0 Å². The van der Waals surface area contributed by atoms with Crippen LogP contribution in [0.15, 0.2) is 42.1 Å². The van der Waals surface area contributed by atoms with Crippen LogP contribution >= 0.6 is 0 Å². The van der Waals surface area contributed by atoms with E-state index < -0.39 is 0 Å². The third kappa shape index (κ3) is 2.25. The van der Waals surface area contributed by atoms with Crippen LogP contribution < -0.4 is 5.73 Å². The van der Waals surface area contributed by atoms with Crippen LogP contribution in [0.5, 0.6) is 0 Å². The average molecular weight is 187 g/mol. The van der Waals surface area contributed by atoms with Crippen LogP contribution in [-0.2, 0) is 0 Å². The van der Waals surface area contributed by atoms with Crippen molar-refractivity contribution in [2.24, 2.45) is 5.73 Å². The lowest BCUT2D eigenvalue weighted by atomic mass is 9.97. The van der Waals surface area contributed by atoms with Crippen LogP contribution in [-0.4, -0.2) is 0 Å². The summed E-state index contributed by atoms with van der Waals surface area (Å²) in [6.45, 7) is 9.89. The minimum atomic E-state index is 0.821. The summed E-state index contributed by atoms with van der Waals surface area (Å²) in [5.41, 5.74) is 11.1. The molecule has 1 aromatic rings. The molecule has 1 rings (SSSR count). The highest BCUT2D eigenvalue weighted by Gasteiger charge is 2.04. The summed E-state index contributed by atoms with van der Waals surface area (Å²) in [6.07, 6.45) is 0. The molecule has 0 atom stereocenters. The van der Waals surface area contributed by atoms with E-state index in [0.717, 1.165) is 22.4 Å². The topological polar surface area (TPSA) is 26.0 Å². The van der Waals surface area contributed by atoms with Crippen LogP contribution in [0.4, 0.5) is 0 Å². The molecular formula is C13H17N. The Kier molecular flexibility index (Phi) is 3.13. The van der Waals surface area contributed by atoms with E-state index in [9.17, 15) is 0 Å². The van der Waals surface area contributed by atoms with Gasteiger partial charge < -0.3 is 5.73 Å². The molecule has 0 spiro atoms. The molecular weight excluding hydrogens is 170 g/mol. The van der Waals surface area contributed by atoms with Gasteiger partial charge in [-0.2, -0.15) is 0 Å². The number of benzene rings is 1. The zero-order chi connectivity index (χ0) is 10.7. The Labute approximate surface area is 85.9 Å². The van der Waals surface area contributed by atoms with Gasteiger partial charge in [-0.05, 0) is 31.9 Å². The molecule has 0 heterocycles. The zero-order valence-electron chi connectivity index (χ0n) is 9.09. The van der Waals surface area contributed by atoms with E-state index in [-0.39, 0.29) is 0 Å². The average Bonchev–Trinajstić information content (AvgIpc) is 2.07. The lowest BCUT2D eigenvalue weighted by Crippen LogP contribution is -1.98. The van der Waals surface area contributed by atoms with E-state index in [1.54, 1.807) is 0 Å². The van der Waals surface area contributed by atoms with E-state index in [1.807, 2.05) is 13.8 Å². The highest BCUT2D eigenvalue weighted by Crippen LogP contribution is 2.23. The molecule has 0 bridgehead atoms. The Hall–Kier alpha value is -1.50. The van der Waals surface area contributed by atoms with Crippen LogP contribution in [0.3, 0.4) is 0 Å². The maximum Gasteiger partial charge on any atom is 0.0131 e. The fraction of sp³-hybridized carbons (Fsp3) is 0.231. The first-order valence-electron chi connectivity index (χ1n) is 4.71. The predicted octanol–water partition coefficient (Wildman–Crippen LogP) is 3.26. The molecule has 0 fully saturated rings. The molecule has 0 amide bonds. The molecule has 0 aromatic heterocycles. The van der Waals surface area contributed by atoms with Crippen molar-refractivity contribution in [1.29, 1.82) is 0 Å². The molecule has 1 nitrogen and oxygen atoms in total. The second kappa shape index (κ2) is 4.14. The Balaban J connectivity index is 3.21. The molecule has 0 aliphatic rings. The fourth-order valence-electron chi connectivity index (χ4n) is 1.53. The van der Waals surface area contributed by atoms with Crippen molar-refractivity contribution in [2.75, 3.05) is 0 Å². The number of hydrogen-bond acceptors (Lipinski definition) is 1. The zero-order valence-corrected chi connectivity index (χ0v) is 9.09. The van der Waals surface area contributed by atoms with Gasteiger partial charge in [0.25, 0.3) is 0 Å². The number of allylic oxidation sites excluding steroid dienone is 3. The molecule has 0 unspecified atom stereocenters. The van der Waals surface area contributed by atoms with Crippen molar-refractivity contribution in [3.63, 3.8) is 0 Å². The van der Waals surface area contributed by atoms with Crippen molar-refractivity contribution >= 4 is 5.57 Å². The third-order valence-electron chi connectivity index (χ3n) is 2.16. The van der Waals surface area contributed by atoms with Gasteiger partial charge in [-0.1, -0.05) is 36.4 Å². The molecule has 1 aromatic carbocycles. The minimum absolute atomic E-state index is 0.821. The summed E-state index contributed by atoms with van der Waals surface area (Å²) in [5, 5.41) is 0. The molecule has 0 saturated heterocycles. The summed E-state index contributed by atoms with van der Waals surface area (Å²) >= 11 is 0. The lowest BCUT2D eigenvalue weighted by molar-refractivity contribution is 1.29. The molecule has 2 N–H and O–H groups in total. The predicted molar refractivity (Wildman–Crippen MR) is 62.8 cm³/mol. The van der Waals surface area contributed by atoms with Crippen molar-refractivity contribution in [3.8, 4) is 0 Å². The Bertz CT molecular complexity index is 365. The highest BCUT2D eigenvalue weighted by molar-refractivity contribution is 5.79. The van der Waals surface area contributed by atoms with E-state index in [2.05, 4.69) is 37.8 Å². The van der Waals surface area contributed by atoms with Crippen LogP contribution in [0.25, 0.3) is 5.57 Å². The number of nitrogens with two attached hydrogens (primary N) is 1. The number of rotatable bonds is 2. The minimum Gasteiger partial charge on any atom is -0.402 e. The normalized spacial score (nSPS) is 12.2. The summed E-state index contributed by atoms with van der Waals surface area (Å²) < 4.78 is 0. The van der Waals surface area contributed by atoms with Gasteiger partial charge in [-0.25, -0.2) is 0 Å². The number of aryl methyl sites for hydroxylation is 1. The van der Waals surface area contributed by atoms with E-state index >= 15 is 0 Å². The quantitative estimate of drug-likeness (QED) is 0.706. The summed E-state index contributed by atoms with van der Waals surface area (Å²) in [4.78, 5) is 0. The van der Waals surface area contributed by atoms with Gasteiger partial charge in [0.15, 0.2) is 0 Å². The number of hydrogen-bond donors (Lipinski definition) is 1. The van der Waals surface area contributed by atoms with Gasteiger partial charge in [-0.3, -0.25) is 0 Å². The third-order valence-corrected chi connectivity index (χ3v) is 2.16. The molecule has 0 aliphatic heterocycles. The largest absolute Gasteiger partial charge is 0.402 e. The summed E-state index contributed by atoms with van der Waals surface area (Å²) in [7, 11) is 0. The molecule has 74 valence electrons. The van der Waals surface area contributed by atoms with Gasteiger partial charge >= 0.3 is 0 Å². The lowest BCUT2D eigenvalue weighted by Gasteiger charge is -2.09. The molecule has 0 saturated carbocycles. The van der Waals surface area contributed by atoms with Crippen LogP contribution in [0.2, 0.25) is 0 Å². The van der Waals surface area contributed by atoms with Gasteiger partial charge in [-0.15, -0.1) is 0 Å². The Morgan fingerprint density at radius 3 is 2.00 bits per heavy atom. The standard InChI is InChI=1S/C13H17N/c1-9(2)13(11(4)14)12-7-5-10(3)6-8-12/h5-8H,1,14H2,2-4H3/b13-11-. The van der Waals surface area contributed by atoms with Gasteiger partial charge in [0, 0.05) is 11.3 Å². The van der Waals surface area contributed by atoms with E-state index in [1.165, 1.54) is 5.56 Å². The second-order valence-corrected chi connectivity index (χ2v) is 3.70. The van der Waals surface area contributed by atoms with Gasteiger partial charge in [0.1, 0.15) is 0 Å². The van der Waals surface area contributed by atoms with Crippen molar-refractivity contribution in [2.45, 2.75) is 20.8 Å². The molecule has 0 radical (unpaired) electrons. The smallest absolute Gasteiger partial charge is 0.0131 e. The second-order valence-electron chi connectivity index (χ2n) is 3.70. The van der Waals surface area contributed by atoms with E-state index in [0.29, 0.717) is 0 Å². The molecule has 14 heavy (non-hydrogen) atoms.